The van der Waals surface area contributed by atoms with Crippen LogP contribution < -0.4 is 20.1 Å². The SMILES string of the molecule is COc1ccc(CNc2ncc(C(=O)NCc3ccccc3)cn2)cc1OC. The molecule has 1 amide bonds. The summed E-state index contributed by atoms with van der Waals surface area (Å²) in [7, 11) is 3.20. The van der Waals surface area contributed by atoms with Crippen molar-refractivity contribution in [1.29, 1.82) is 0 Å². The van der Waals surface area contributed by atoms with Gasteiger partial charge in [0.15, 0.2) is 11.5 Å². The fraction of sp³-hybridized carbons (Fsp3) is 0.190. The van der Waals surface area contributed by atoms with Gasteiger partial charge in [0.1, 0.15) is 0 Å². The first kappa shape index (κ1) is 19.2. The Morgan fingerprint density at radius 3 is 2.29 bits per heavy atom. The minimum absolute atomic E-state index is 0.213. The number of amides is 1. The fourth-order valence-electron chi connectivity index (χ4n) is 2.59. The van der Waals surface area contributed by atoms with Gasteiger partial charge < -0.3 is 20.1 Å². The molecule has 0 aliphatic carbocycles. The molecule has 0 atom stereocenters. The Balaban J connectivity index is 1.55. The first-order valence-corrected chi connectivity index (χ1v) is 8.78. The van der Waals surface area contributed by atoms with Crippen molar-refractivity contribution in [2.75, 3.05) is 19.5 Å². The van der Waals surface area contributed by atoms with Crippen molar-refractivity contribution in [2.45, 2.75) is 13.1 Å². The minimum atomic E-state index is -0.213. The van der Waals surface area contributed by atoms with Crippen LogP contribution in [0.1, 0.15) is 21.5 Å². The summed E-state index contributed by atoms with van der Waals surface area (Å²) >= 11 is 0. The summed E-state index contributed by atoms with van der Waals surface area (Å²) < 4.78 is 10.5. The molecule has 3 rings (SSSR count). The van der Waals surface area contributed by atoms with Crippen molar-refractivity contribution in [3.63, 3.8) is 0 Å². The third-order valence-corrected chi connectivity index (χ3v) is 4.11. The fourth-order valence-corrected chi connectivity index (χ4v) is 2.59. The largest absolute Gasteiger partial charge is 0.493 e. The number of ether oxygens (including phenoxy) is 2. The second-order valence-electron chi connectivity index (χ2n) is 6.01. The molecule has 1 aromatic heterocycles. The summed E-state index contributed by atoms with van der Waals surface area (Å²) in [6.07, 6.45) is 3.01. The highest BCUT2D eigenvalue weighted by Crippen LogP contribution is 2.27. The molecule has 0 spiro atoms. The van der Waals surface area contributed by atoms with Crippen LogP contribution in [0.25, 0.3) is 0 Å². The smallest absolute Gasteiger partial charge is 0.254 e. The van der Waals surface area contributed by atoms with Crippen molar-refractivity contribution in [3.8, 4) is 11.5 Å². The van der Waals surface area contributed by atoms with Crippen LogP contribution in [0.4, 0.5) is 5.95 Å². The van der Waals surface area contributed by atoms with E-state index in [-0.39, 0.29) is 5.91 Å². The van der Waals surface area contributed by atoms with Gasteiger partial charge in [-0.2, -0.15) is 0 Å². The molecular weight excluding hydrogens is 356 g/mol. The van der Waals surface area contributed by atoms with Gasteiger partial charge in [-0.05, 0) is 23.3 Å². The number of hydrogen-bond donors (Lipinski definition) is 2. The molecule has 28 heavy (non-hydrogen) atoms. The lowest BCUT2D eigenvalue weighted by Gasteiger charge is -2.10. The van der Waals surface area contributed by atoms with Crippen molar-refractivity contribution in [2.24, 2.45) is 0 Å². The van der Waals surface area contributed by atoms with Gasteiger partial charge in [-0.15, -0.1) is 0 Å². The predicted molar refractivity (Wildman–Crippen MR) is 107 cm³/mol. The van der Waals surface area contributed by atoms with Crippen molar-refractivity contribution < 1.29 is 14.3 Å². The van der Waals surface area contributed by atoms with E-state index in [1.165, 1.54) is 12.4 Å². The maximum absolute atomic E-state index is 12.2. The summed E-state index contributed by atoms with van der Waals surface area (Å²) in [5.41, 5.74) is 2.43. The summed E-state index contributed by atoms with van der Waals surface area (Å²) in [5.74, 6) is 1.56. The number of rotatable bonds is 8. The molecule has 0 fully saturated rings. The van der Waals surface area contributed by atoms with Gasteiger partial charge in [-0.3, -0.25) is 4.79 Å². The normalized spacial score (nSPS) is 10.2. The van der Waals surface area contributed by atoms with Crippen LogP contribution in [0.5, 0.6) is 11.5 Å². The maximum atomic E-state index is 12.2. The highest BCUT2D eigenvalue weighted by molar-refractivity contribution is 5.93. The van der Waals surface area contributed by atoms with Gasteiger partial charge >= 0.3 is 0 Å². The molecule has 7 nitrogen and oxygen atoms in total. The lowest BCUT2D eigenvalue weighted by molar-refractivity contribution is 0.0950. The number of carbonyl (C=O) groups excluding carboxylic acids is 1. The van der Waals surface area contributed by atoms with Crippen molar-refractivity contribution in [3.05, 3.63) is 77.6 Å². The molecule has 144 valence electrons. The monoisotopic (exact) mass is 378 g/mol. The lowest BCUT2D eigenvalue weighted by atomic mass is 10.2. The van der Waals surface area contributed by atoms with E-state index >= 15 is 0 Å². The van der Waals surface area contributed by atoms with Crippen LogP contribution in [0, 0.1) is 0 Å². The van der Waals surface area contributed by atoms with Gasteiger partial charge in [0, 0.05) is 25.5 Å². The third kappa shape index (κ3) is 4.97. The van der Waals surface area contributed by atoms with E-state index in [9.17, 15) is 4.79 Å². The summed E-state index contributed by atoms with van der Waals surface area (Å²) in [6, 6.07) is 15.4. The molecule has 0 saturated heterocycles. The van der Waals surface area contributed by atoms with Crippen LogP contribution in [-0.4, -0.2) is 30.1 Å². The van der Waals surface area contributed by atoms with E-state index in [1.54, 1.807) is 14.2 Å². The first-order chi connectivity index (χ1) is 13.7. The Bertz CT molecular complexity index is 915. The van der Waals surface area contributed by atoms with Gasteiger partial charge in [0.25, 0.3) is 5.91 Å². The van der Waals surface area contributed by atoms with Crippen LogP contribution in [-0.2, 0) is 13.1 Å². The third-order valence-electron chi connectivity index (χ3n) is 4.11. The highest BCUT2D eigenvalue weighted by atomic mass is 16.5. The number of hydrogen-bond acceptors (Lipinski definition) is 6. The number of nitrogens with zero attached hydrogens (tertiary/aromatic N) is 2. The second-order valence-corrected chi connectivity index (χ2v) is 6.01. The van der Waals surface area contributed by atoms with E-state index in [1.807, 2.05) is 48.5 Å². The molecule has 0 bridgehead atoms. The molecule has 0 radical (unpaired) electrons. The summed E-state index contributed by atoms with van der Waals surface area (Å²) in [4.78, 5) is 20.6. The molecule has 1 heterocycles. The Morgan fingerprint density at radius 2 is 1.61 bits per heavy atom. The molecule has 2 aromatic carbocycles. The molecule has 0 saturated carbocycles. The highest BCUT2D eigenvalue weighted by Gasteiger charge is 2.08. The Hall–Kier alpha value is -3.61. The number of methoxy groups -OCH3 is 2. The summed E-state index contributed by atoms with van der Waals surface area (Å²) in [6.45, 7) is 0.971. The second kappa shape index (κ2) is 9.36. The summed E-state index contributed by atoms with van der Waals surface area (Å²) in [5, 5.41) is 5.97. The zero-order valence-electron chi connectivity index (χ0n) is 15.8. The van der Waals surface area contributed by atoms with Crippen molar-refractivity contribution >= 4 is 11.9 Å². The molecule has 0 aliphatic heterocycles. The van der Waals surface area contributed by atoms with E-state index in [4.69, 9.17) is 9.47 Å². The average molecular weight is 378 g/mol. The molecule has 0 aliphatic rings. The average Bonchev–Trinajstić information content (AvgIpc) is 2.76. The van der Waals surface area contributed by atoms with Crippen LogP contribution in [0.2, 0.25) is 0 Å². The number of nitrogens with one attached hydrogen (secondary N) is 2. The van der Waals surface area contributed by atoms with Gasteiger partial charge in [-0.1, -0.05) is 36.4 Å². The van der Waals surface area contributed by atoms with Gasteiger partial charge in [0.2, 0.25) is 5.95 Å². The zero-order valence-corrected chi connectivity index (χ0v) is 15.8. The standard InChI is InChI=1S/C21H22N4O3/c1-27-18-9-8-16(10-19(18)28-2)12-23-21-24-13-17(14-25-21)20(26)22-11-15-6-4-3-5-7-15/h3-10,13-14H,11-12H2,1-2H3,(H,22,26)(H,23,24,25). The Morgan fingerprint density at radius 1 is 0.893 bits per heavy atom. The molecule has 2 N–H and O–H groups in total. The first-order valence-electron chi connectivity index (χ1n) is 8.78. The number of benzene rings is 2. The van der Waals surface area contributed by atoms with E-state index in [2.05, 4.69) is 20.6 Å². The lowest BCUT2D eigenvalue weighted by Crippen LogP contribution is -2.23. The number of aromatic nitrogens is 2. The quantitative estimate of drug-likeness (QED) is 0.627. The van der Waals surface area contributed by atoms with Crippen molar-refractivity contribution in [1.82, 2.24) is 15.3 Å². The molecule has 7 heteroatoms. The molecule has 0 unspecified atom stereocenters. The maximum Gasteiger partial charge on any atom is 0.254 e. The van der Waals surface area contributed by atoms with E-state index < -0.39 is 0 Å². The number of carbonyl (C=O) groups is 1. The Kier molecular flexibility index (Phi) is 6.41. The van der Waals surface area contributed by atoms with Crippen LogP contribution in [0.15, 0.2) is 60.9 Å². The zero-order chi connectivity index (χ0) is 19.8. The predicted octanol–water partition coefficient (Wildman–Crippen LogP) is 3.04. The Labute approximate surface area is 163 Å². The van der Waals surface area contributed by atoms with Crippen LogP contribution in [0.3, 0.4) is 0 Å². The minimum Gasteiger partial charge on any atom is -0.493 e. The van der Waals surface area contributed by atoms with E-state index in [0.717, 1.165) is 11.1 Å². The molecule has 3 aromatic rings. The molecular formula is C21H22N4O3. The topological polar surface area (TPSA) is 85.4 Å². The van der Waals surface area contributed by atoms with E-state index in [0.29, 0.717) is 36.1 Å². The number of anilines is 1. The van der Waals surface area contributed by atoms with Crippen LogP contribution >= 0.6 is 0 Å². The van der Waals surface area contributed by atoms with Gasteiger partial charge in [-0.25, -0.2) is 9.97 Å². The van der Waals surface area contributed by atoms with Gasteiger partial charge in [0.05, 0.1) is 19.8 Å².